The fourth-order valence-corrected chi connectivity index (χ4v) is 11.1. The van der Waals surface area contributed by atoms with Crippen molar-refractivity contribution in [2.45, 2.75) is 12.3 Å². The van der Waals surface area contributed by atoms with Crippen LogP contribution >= 0.6 is 22.7 Å². The molecule has 0 radical (unpaired) electrons. The number of para-hydroxylation sites is 2. The van der Waals surface area contributed by atoms with E-state index in [0.29, 0.717) is 0 Å². The molecule has 1 atom stereocenters. The van der Waals surface area contributed by atoms with E-state index in [1.807, 2.05) is 22.7 Å². The molecule has 0 N–H and O–H groups in total. The van der Waals surface area contributed by atoms with Gasteiger partial charge in [-0.05, 0) is 96.4 Å². The van der Waals surface area contributed by atoms with E-state index >= 15 is 0 Å². The van der Waals surface area contributed by atoms with Crippen LogP contribution in [0.1, 0.15) is 22.7 Å². The van der Waals surface area contributed by atoms with Crippen LogP contribution in [0.3, 0.4) is 0 Å². The van der Waals surface area contributed by atoms with Crippen molar-refractivity contribution in [1.29, 1.82) is 0 Å². The molecule has 0 fully saturated rings. The number of benzene rings is 7. The number of thiophene rings is 2. The molecule has 12 rings (SSSR count). The molecule has 0 spiro atoms. The molecular weight excluding hydrogens is 669 g/mol. The van der Waals surface area contributed by atoms with Crippen LogP contribution in [0.4, 0.5) is 0 Å². The summed E-state index contributed by atoms with van der Waals surface area (Å²) in [5, 5.41) is 9.27. The summed E-state index contributed by atoms with van der Waals surface area (Å²) < 4.78 is 10.3. The van der Waals surface area contributed by atoms with E-state index in [2.05, 4.69) is 173 Å². The van der Waals surface area contributed by atoms with Gasteiger partial charge in [0.25, 0.3) is 0 Å². The van der Waals surface area contributed by atoms with Crippen molar-refractivity contribution < 1.29 is 0 Å². The van der Waals surface area contributed by atoms with Crippen LogP contribution in [0.2, 0.25) is 0 Å². The molecule has 7 aromatic carbocycles. The SMILES string of the molecule is C1=CC(c2ccc3c(c2)c2ccccc2n3-c2ccc3sc4ccccc4c3c2)Cc2c1n(-c1ccc3sc4ccccc4c3c1)c1ccccc21. The Balaban J connectivity index is 0.985. The monoisotopic (exact) mass is 698 g/mol. The molecule has 4 heteroatoms. The lowest BCUT2D eigenvalue weighted by Crippen LogP contribution is -2.07. The summed E-state index contributed by atoms with van der Waals surface area (Å²) in [6, 6.07) is 56.5. The number of hydrogen-bond acceptors (Lipinski definition) is 2. The predicted molar refractivity (Wildman–Crippen MR) is 225 cm³/mol. The highest BCUT2D eigenvalue weighted by Gasteiger charge is 2.25. The Kier molecular flexibility index (Phi) is 5.96. The third-order valence-corrected chi connectivity index (χ3v) is 13.6. The first-order chi connectivity index (χ1) is 25.8. The van der Waals surface area contributed by atoms with Gasteiger partial charge in [0.05, 0.1) is 16.6 Å². The number of allylic oxidation sites excluding steroid dienone is 1. The van der Waals surface area contributed by atoms with Gasteiger partial charge in [0.15, 0.2) is 0 Å². The van der Waals surface area contributed by atoms with Crippen molar-refractivity contribution in [1.82, 2.24) is 9.13 Å². The Hall–Kier alpha value is -5.94. The summed E-state index contributed by atoms with van der Waals surface area (Å²) in [4.78, 5) is 0. The largest absolute Gasteiger partial charge is 0.310 e. The number of fused-ring (bicyclic) bond motifs is 12. The maximum Gasteiger partial charge on any atom is 0.0541 e. The highest BCUT2D eigenvalue weighted by Crippen LogP contribution is 2.43. The minimum atomic E-state index is 0.287. The molecule has 0 saturated carbocycles. The smallest absolute Gasteiger partial charge is 0.0541 e. The molecule has 11 aromatic rings. The van der Waals surface area contributed by atoms with Crippen LogP contribution < -0.4 is 0 Å². The van der Waals surface area contributed by atoms with Crippen molar-refractivity contribution in [3.63, 3.8) is 0 Å². The van der Waals surface area contributed by atoms with Crippen LogP contribution in [0.15, 0.2) is 158 Å². The summed E-state index contributed by atoms with van der Waals surface area (Å²) in [5.74, 6) is 0.287. The minimum absolute atomic E-state index is 0.287. The molecule has 1 aliphatic rings. The quantitative estimate of drug-likeness (QED) is 0.174. The van der Waals surface area contributed by atoms with Gasteiger partial charge >= 0.3 is 0 Å². The standard InChI is InChI=1S/C48H30N2S2/c1-5-13-41-33(9-1)37-25-29(17-21-43(37)49(41)31-19-23-47-39(27-31)35-11-3-7-15-45(35)51-47)30-18-22-44-38(26-30)34-10-2-6-14-42(34)50(44)32-20-24-48-40(28-32)36-12-4-8-16-46(36)52-48/h1-25,27-28,30H,26H2. The molecule has 0 amide bonds. The molecule has 0 bridgehead atoms. The highest BCUT2D eigenvalue weighted by atomic mass is 32.1. The number of rotatable bonds is 3. The first-order valence-corrected chi connectivity index (χ1v) is 19.6. The Morgan fingerprint density at radius 3 is 1.65 bits per heavy atom. The summed E-state index contributed by atoms with van der Waals surface area (Å²) in [6.07, 6.45) is 5.79. The van der Waals surface area contributed by atoms with Gasteiger partial charge in [-0.2, -0.15) is 0 Å². The minimum Gasteiger partial charge on any atom is -0.310 e. The van der Waals surface area contributed by atoms with Crippen LogP contribution in [-0.2, 0) is 6.42 Å². The van der Waals surface area contributed by atoms with E-state index in [4.69, 9.17) is 0 Å². The Morgan fingerprint density at radius 2 is 0.962 bits per heavy atom. The number of nitrogens with zero attached hydrogens (tertiary/aromatic N) is 2. The second-order valence-electron chi connectivity index (χ2n) is 14.1. The predicted octanol–water partition coefficient (Wildman–Crippen LogP) is 13.8. The zero-order chi connectivity index (χ0) is 33.9. The Morgan fingerprint density at radius 1 is 0.423 bits per heavy atom. The van der Waals surface area contributed by atoms with Crippen LogP contribution in [0, 0.1) is 0 Å². The average Bonchev–Trinajstić information content (AvgIpc) is 3.94. The second-order valence-corrected chi connectivity index (χ2v) is 16.2. The topological polar surface area (TPSA) is 9.86 Å². The third-order valence-electron chi connectivity index (χ3n) is 11.3. The molecule has 4 heterocycles. The number of aromatic nitrogens is 2. The molecule has 244 valence electrons. The van der Waals surface area contributed by atoms with Crippen molar-refractivity contribution in [3.05, 3.63) is 175 Å². The van der Waals surface area contributed by atoms with E-state index < -0.39 is 0 Å². The van der Waals surface area contributed by atoms with Crippen molar-refractivity contribution in [3.8, 4) is 11.4 Å². The van der Waals surface area contributed by atoms with E-state index in [1.165, 1.54) is 101 Å². The van der Waals surface area contributed by atoms with Crippen molar-refractivity contribution in [2.24, 2.45) is 0 Å². The Bertz CT molecular complexity index is 3290. The first kappa shape index (κ1) is 28.7. The van der Waals surface area contributed by atoms with Crippen molar-refractivity contribution >= 4 is 102 Å². The summed E-state index contributed by atoms with van der Waals surface area (Å²) in [5.41, 5.74) is 10.3. The molecule has 2 nitrogen and oxygen atoms in total. The molecule has 0 saturated heterocycles. The van der Waals surface area contributed by atoms with Gasteiger partial charge in [0, 0.05) is 79.5 Å². The lowest BCUT2D eigenvalue weighted by atomic mass is 9.86. The fraction of sp³-hybridized carbons (Fsp3) is 0.0417. The maximum absolute atomic E-state index is 2.48. The van der Waals surface area contributed by atoms with Crippen LogP contribution in [0.5, 0.6) is 0 Å². The highest BCUT2D eigenvalue weighted by molar-refractivity contribution is 7.26. The zero-order valence-electron chi connectivity index (χ0n) is 28.1. The molecule has 52 heavy (non-hydrogen) atoms. The van der Waals surface area contributed by atoms with Gasteiger partial charge in [-0.3, -0.25) is 0 Å². The molecular formula is C48H30N2S2. The van der Waals surface area contributed by atoms with Gasteiger partial charge in [-0.25, -0.2) is 0 Å². The lowest BCUT2D eigenvalue weighted by Gasteiger charge is -2.20. The Labute approximate surface area is 307 Å². The molecule has 4 aromatic heterocycles. The lowest BCUT2D eigenvalue weighted by molar-refractivity contribution is 0.826. The number of hydrogen-bond donors (Lipinski definition) is 0. The van der Waals surface area contributed by atoms with Gasteiger partial charge < -0.3 is 9.13 Å². The third kappa shape index (κ3) is 4.05. The van der Waals surface area contributed by atoms with E-state index in [9.17, 15) is 0 Å². The average molecular weight is 699 g/mol. The van der Waals surface area contributed by atoms with Crippen molar-refractivity contribution in [2.75, 3.05) is 0 Å². The van der Waals surface area contributed by atoms with E-state index in [1.54, 1.807) is 0 Å². The van der Waals surface area contributed by atoms with Crippen LogP contribution in [-0.4, -0.2) is 9.13 Å². The molecule has 1 unspecified atom stereocenters. The van der Waals surface area contributed by atoms with Gasteiger partial charge in [0.2, 0.25) is 0 Å². The first-order valence-electron chi connectivity index (χ1n) is 17.9. The summed E-state index contributed by atoms with van der Waals surface area (Å²) in [7, 11) is 0. The van der Waals surface area contributed by atoms with E-state index in [-0.39, 0.29) is 5.92 Å². The molecule has 1 aliphatic carbocycles. The summed E-state index contributed by atoms with van der Waals surface area (Å²) >= 11 is 3.75. The van der Waals surface area contributed by atoms with Gasteiger partial charge in [-0.1, -0.05) is 84.9 Å². The van der Waals surface area contributed by atoms with E-state index in [0.717, 1.165) is 6.42 Å². The zero-order valence-corrected chi connectivity index (χ0v) is 29.7. The molecule has 0 aliphatic heterocycles. The maximum atomic E-state index is 2.48. The van der Waals surface area contributed by atoms with Gasteiger partial charge in [-0.15, -0.1) is 22.7 Å². The normalized spacial score (nSPS) is 14.6. The van der Waals surface area contributed by atoms with Crippen LogP contribution in [0.25, 0.3) is 90.5 Å². The summed E-state index contributed by atoms with van der Waals surface area (Å²) in [6.45, 7) is 0. The van der Waals surface area contributed by atoms with Gasteiger partial charge in [0.1, 0.15) is 0 Å². The second kappa shape index (κ2) is 10.8. The fourth-order valence-electron chi connectivity index (χ4n) is 8.92.